The van der Waals surface area contributed by atoms with Crippen LogP contribution in [-0.4, -0.2) is 24.7 Å². The molecule has 5 nitrogen and oxygen atoms in total. The van der Waals surface area contributed by atoms with Crippen LogP contribution in [0.25, 0.3) is 0 Å². The van der Waals surface area contributed by atoms with Crippen LogP contribution in [0.4, 0.5) is 4.79 Å². The Labute approximate surface area is 182 Å². The molecule has 3 atom stereocenters. The molecule has 0 heterocycles. The number of hydrogen-bond donors (Lipinski definition) is 1. The number of amides is 1. The zero-order valence-electron chi connectivity index (χ0n) is 17.2. The van der Waals surface area contributed by atoms with E-state index in [1.54, 1.807) is 0 Å². The molecule has 0 bridgehead atoms. The number of carbonyl (C=O) groups is 2. The molecule has 1 aliphatic rings. The van der Waals surface area contributed by atoms with Crippen molar-refractivity contribution in [2.24, 2.45) is 5.92 Å². The van der Waals surface area contributed by atoms with Gasteiger partial charge in [0.15, 0.2) is 0 Å². The van der Waals surface area contributed by atoms with Gasteiger partial charge in [0.1, 0.15) is 6.61 Å². The molecule has 6 heteroatoms. The lowest BCUT2D eigenvalue weighted by Crippen LogP contribution is -2.43. The first-order valence-corrected chi connectivity index (χ1v) is 10.8. The molecule has 1 N–H and O–H groups in total. The minimum atomic E-state index is -0.440. The molecule has 1 fully saturated rings. The normalized spacial score (nSPS) is 20.9. The molecular weight excluding hydrogens is 402 g/mol. The van der Waals surface area contributed by atoms with Crippen LogP contribution >= 0.6 is 11.6 Å². The number of ether oxygens (including phenoxy) is 2. The van der Waals surface area contributed by atoms with E-state index >= 15 is 0 Å². The molecule has 0 radical (unpaired) electrons. The second kappa shape index (κ2) is 11.0. The maximum Gasteiger partial charge on any atom is 0.407 e. The SMILES string of the molecule is CCOC(=O)CC1CC[C@@H](NC(=O)OCc2ccccc2)[C@H](c2ccccc2Cl)C1. The minimum absolute atomic E-state index is 0.0103. The Balaban J connectivity index is 1.66. The van der Waals surface area contributed by atoms with Crippen molar-refractivity contribution < 1.29 is 19.1 Å². The third-order valence-corrected chi connectivity index (χ3v) is 5.88. The van der Waals surface area contributed by atoms with Crippen molar-refractivity contribution in [1.29, 1.82) is 0 Å². The monoisotopic (exact) mass is 429 g/mol. The first-order valence-electron chi connectivity index (χ1n) is 10.4. The zero-order valence-corrected chi connectivity index (χ0v) is 17.9. The van der Waals surface area contributed by atoms with Gasteiger partial charge >= 0.3 is 12.1 Å². The highest BCUT2D eigenvalue weighted by Gasteiger charge is 2.35. The van der Waals surface area contributed by atoms with E-state index in [2.05, 4.69) is 5.32 Å². The summed E-state index contributed by atoms with van der Waals surface area (Å²) in [6.07, 6.45) is 2.29. The van der Waals surface area contributed by atoms with E-state index < -0.39 is 6.09 Å². The fourth-order valence-electron chi connectivity index (χ4n) is 4.11. The number of benzene rings is 2. The Morgan fingerprint density at radius 1 is 1.03 bits per heavy atom. The van der Waals surface area contributed by atoms with E-state index in [4.69, 9.17) is 21.1 Å². The smallest absolute Gasteiger partial charge is 0.407 e. The van der Waals surface area contributed by atoms with Crippen LogP contribution in [0.2, 0.25) is 5.02 Å². The number of carbonyl (C=O) groups excluding carboxylic acids is 2. The van der Waals surface area contributed by atoms with E-state index in [-0.39, 0.29) is 30.5 Å². The van der Waals surface area contributed by atoms with Gasteiger partial charge in [-0.2, -0.15) is 0 Å². The lowest BCUT2D eigenvalue weighted by Gasteiger charge is -2.36. The number of halogens is 1. The van der Waals surface area contributed by atoms with E-state index in [1.807, 2.05) is 61.5 Å². The van der Waals surface area contributed by atoms with Crippen molar-refractivity contribution in [3.63, 3.8) is 0 Å². The van der Waals surface area contributed by atoms with Gasteiger partial charge in [-0.25, -0.2) is 4.79 Å². The molecule has 0 saturated heterocycles. The first-order chi connectivity index (χ1) is 14.6. The largest absolute Gasteiger partial charge is 0.466 e. The minimum Gasteiger partial charge on any atom is -0.466 e. The Hall–Kier alpha value is -2.53. The van der Waals surface area contributed by atoms with Crippen molar-refractivity contribution in [3.8, 4) is 0 Å². The van der Waals surface area contributed by atoms with Crippen LogP contribution in [0.5, 0.6) is 0 Å². The second-order valence-electron chi connectivity index (χ2n) is 7.63. The van der Waals surface area contributed by atoms with Crippen molar-refractivity contribution in [1.82, 2.24) is 5.32 Å². The standard InChI is InChI=1S/C24H28ClNO4/c1-2-29-23(27)15-18-12-13-22(20(14-18)19-10-6-7-11-21(19)25)26-24(28)30-16-17-8-4-3-5-9-17/h3-11,18,20,22H,2,12-16H2,1H3,(H,26,28)/t18?,20-,22+/m0/s1. The predicted octanol–water partition coefficient (Wildman–Crippen LogP) is 5.47. The third kappa shape index (κ3) is 6.23. The number of alkyl carbamates (subject to hydrolysis) is 1. The number of nitrogens with one attached hydrogen (secondary N) is 1. The third-order valence-electron chi connectivity index (χ3n) is 5.54. The van der Waals surface area contributed by atoms with Gasteiger partial charge in [-0.05, 0) is 49.3 Å². The summed E-state index contributed by atoms with van der Waals surface area (Å²) < 4.78 is 10.5. The molecule has 1 amide bonds. The van der Waals surface area contributed by atoms with Crippen molar-refractivity contribution in [2.45, 2.75) is 51.2 Å². The lowest BCUT2D eigenvalue weighted by atomic mass is 9.73. The second-order valence-corrected chi connectivity index (χ2v) is 8.04. The van der Waals surface area contributed by atoms with Gasteiger partial charge in [-0.15, -0.1) is 0 Å². The van der Waals surface area contributed by atoms with E-state index in [1.165, 1.54) is 0 Å². The number of hydrogen-bond acceptors (Lipinski definition) is 4. The average molecular weight is 430 g/mol. The lowest BCUT2D eigenvalue weighted by molar-refractivity contribution is -0.144. The Bertz CT molecular complexity index is 842. The Morgan fingerprint density at radius 2 is 1.77 bits per heavy atom. The quantitative estimate of drug-likeness (QED) is 0.592. The number of esters is 1. The molecule has 2 aromatic carbocycles. The van der Waals surface area contributed by atoms with Crippen molar-refractivity contribution in [2.75, 3.05) is 6.61 Å². The molecule has 1 aliphatic carbocycles. The Kier molecular flexibility index (Phi) is 8.14. The van der Waals surface area contributed by atoms with E-state index in [0.29, 0.717) is 18.1 Å². The Morgan fingerprint density at radius 3 is 2.50 bits per heavy atom. The van der Waals surface area contributed by atoms with Crippen LogP contribution < -0.4 is 5.32 Å². The van der Waals surface area contributed by atoms with Gasteiger partial charge in [0.2, 0.25) is 0 Å². The van der Waals surface area contributed by atoms with Crippen LogP contribution in [0.1, 0.15) is 49.7 Å². The summed E-state index contributed by atoms with van der Waals surface area (Å²) in [7, 11) is 0. The summed E-state index contributed by atoms with van der Waals surface area (Å²) in [6, 6.07) is 17.2. The first kappa shape index (κ1) is 22.2. The van der Waals surface area contributed by atoms with Crippen LogP contribution in [0.15, 0.2) is 54.6 Å². The molecule has 160 valence electrons. The number of rotatable bonds is 7. The molecule has 0 aliphatic heterocycles. The maximum absolute atomic E-state index is 12.5. The van der Waals surface area contributed by atoms with Crippen molar-refractivity contribution in [3.05, 3.63) is 70.7 Å². The molecule has 30 heavy (non-hydrogen) atoms. The molecule has 3 rings (SSSR count). The topological polar surface area (TPSA) is 64.6 Å². The molecular formula is C24H28ClNO4. The predicted molar refractivity (Wildman–Crippen MR) is 116 cm³/mol. The highest BCUT2D eigenvalue weighted by Crippen LogP contribution is 2.40. The summed E-state index contributed by atoms with van der Waals surface area (Å²) in [6.45, 7) is 2.42. The fourth-order valence-corrected chi connectivity index (χ4v) is 4.38. The summed E-state index contributed by atoms with van der Waals surface area (Å²) in [5.41, 5.74) is 1.93. The molecule has 0 spiro atoms. The van der Waals surface area contributed by atoms with Crippen LogP contribution in [0.3, 0.4) is 0 Å². The highest BCUT2D eigenvalue weighted by atomic mass is 35.5. The zero-order chi connectivity index (χ0) is 21.3. The molecule has 1 saturated carbocycles. The molecule has 2 aromatic rings. The van der Waals surface area contributed by atoms with Gasteiger partial charge in [-0.3, -0.25) is 4.79 Å². The summed E-state index contributed by atoms with van der Waals surface area (Å²) in [4.78, 5) is 24.4. The molecule has 0 aromatic heterocycles. The van der Waals surface area contributed by atoms with Gasteiger partial charge in [0, 0.05) is 23.4 Å². The summed E-state index contributed by atoms with van der Waals surface area (Å²) in [5, 5.41) is 3.70. The summed E-state index contributed by atoms with van der Waals surface area (Å²) >= 11 is 6.47. The van der Waals surface area contributed by atoms with Crippen LogP contribution in [-0.2, 0) is 20.9 Å². The fraction of sp³-hybridized carbons (Fsp3) is 0.417. The van der Waals surface area contributed by atoms with Gasteiger partial charge in [-0.1, -0.05) is 60.1 Å². The van der Waals surface area contributed by atoms with Crippen LogP contribution in [0, 0.1) is 5.92 Å². The highest BCUT2D eigenvalue weighted by molar-refractivity contribution is 6.31. The summed E-state index contributed by atoms with van der Waals surface area (Å²) in [5.74, 6) is 0.0361. The van der Waals surface area contributed by atoms with E-state index in [0.717, 1.165) is 30.4 Å². The van der Waals surface area contributed by atoms with E-state index in [9.17, 15) is 9.59 Å². The maximum atomic E-state index is 12.5. The van der Waals surface area contributed by atoms with Gasteiger partial charge in [0.05, 0.1) is 6.61 Å². The van der Waals surface area contributed by atoms with Crippen molar-refractivity contribution >= 4 is 23.7 Å². The average Bonchev–Trinajstić information content (AvgIpc) is 2.75. The van der Waals surface area contributed by atoms with Gasteiger partial charge < -0.3 is 14.8 Å². The van der Waals surface area contributed by atoms with Gasteiger partial charge in [0.25, 0.3) is 0 Å². The molecule has 1 unspecified atom stereocenters.